The number of hydrogen-bond donors (Lipinski definition) is 2. The number of phenols is 1. The Labute approximate surface area is 133 Å². The number of carbonyl (C=O) groups excluding carboxylic acids is 1. The van der Waals surface area contributed by atoms with Crippen molar-refractivity contribution >= 4 is 23.9 Å². The molecule has 22 heavy (non-hydrogen) atoms. The van der Waals surface area contributed by atoms with E-state index in [0.717, 1.165) is 11.1 Å². The van der Waals surface area contributed by atoms with Crippen LogP contribution in [0.5, 0.6) is 5.75 Å². The molecule has 0 spiro atoms. The van der Waals surface area contributed by atoms with Gasteiger partial charge in [0.15, 0.2) is 0 Å². The fourth-order valence-electron chi connectivity index (χ4n) is 1.91. The predicted molar refractivity (Wildman–Crippen MR) is 85.5 cm³/mol. The maximum absolute atomic E-state index is 10.9. The highest BCUT2D eigenvalue weighted by atomic mass is 35.5. The number of benzene rings is 2. The van der Waals surface area contributed by atoms with Gasteiger partial charge in [-0.05, 0) is 23.3 Å². The van der Waals surface area contributed by atoms with Crippen molar-refractivity contribution in [3.05, 3.63) is 64.2 Å². The molecule has 2 N–H and O–H groups in total. The number of phenolic OH excluding ortho intramolecular Hbond substituents is 1. The average Bonchev–Trinajstić information content (AvgIpc) is 2.52. The number of methoxy groups -OCH3 is 1. The van der Waals surface area contributed by atoms with Gasteiger partial charge in [0.05, 0.1) is 13.3 Å². The van der Waals surface area contributed by atoms with Gasteiger partial charge in [0, 0.05) is 17.0 Å². The molecule has 0 bridgehead atoms. The summed E-state index contributed by atoms with van der Waals surface area (Å²) in [5.74, 6) is 0.0952. The second kappa shape index (κ2) is 7.47. The van der Waals surface area contributed by atoms with Gasteiger partial charge in [0.25, 0.3) is 0 Å². The SMILES string of the molecule is COC(=O)N/N=C/c1cccc(Cc2ccccc2Cl)c1O. The van der Waals surface area contributed by atoms with Crippen molar-refractivity contribution in [2.75, 3.05) is 7.11 Å². The van der Waals surface area contributed by atoms with Crippen LogP contribution in [0.3, 0.4) is 0 Å². The smallest absolute Gasteiger partial charge is 0.427 e. The number of hydrogen-bond acceptors (Lipinski definition) is 4. The lowest BCUT2D eigenvalue weighted by atomic mass is 10.0. The molecule has 0 aliphatic heterocycles. The lowest BCUT2D eigenvalue weighted by molar-refractivity contribution is 0.171. The summed E-state index contributed by atoms with van der Waals surface area (Å²) >= 11 is 6.13. The topological polar surface area (TPSA) is 70.9 Å². The molecule has 114 valence electrons. The van der Waals surface area contributed by atoms with Gasteiger partial charge in [-0.1, -0.05) is 41.9 Å². The second-order valence-electron chi connectivity index (χ2n) is 4.48. The van der Waals surface area contributed by atoms with E-state index in [2.05, 4.69) is 15.3 Å². The van der Waals surface area contributed by atoms with Gasteiger partial charge in [-0.2, -0.15) is 5.10 Å². The monoisotopic (exact) mass is 318 g/mol. The molecule has 0 unspecified atom stereocenters. The number of rotatable bonds is 4. The third kappa shape index (κ3) is 3.99. The van der Waals surface area contributed by atoms with E-state index in [0.29, 0.717) is 17.0 Å². The molecule has 2 aromatic rings. The van der Waals surface area contributed by atoms with Gasteiger partial charge < -0.3 is 9.84 Å². The van der Waals surface area contributed by atoms with Crippen molar-refractivity contribution in [1.29, 1.82) is 0 Å². The lowest BCUT2D eigenvalue weighted by Gasteiger charge is -2.08. The summed E-state index contributed by atoms with van der Waals surface area (Å²) in [4.78, 5) is 10.9. The quantitative estimate of drug-likeness (QED) is 0.671. The van der Waals surface area contributed by atoms with E-state index in [1.165, 1.54) is 13.3 Å². The lowest BCUT2D eigenvalue weighted by Crippen LogP contribution is -2.16. The zero-order valence-electron chi connectivity index (χ0n) is 11.9. The maximum Gasteiger partial charge on any atom is 0.427 e. The maximum atomic E-state index is 10.9. The van der Waals surface area contributed by atoms with E-state index in [9.17, 15) is 9.90 Å². The highest BCUT2D eigenvalue weighted by molar-refractivity contribution is 6.31. The fraction of sp³-hybridized carbons (Fsp3) is 0.125. The molecule has 0 aromatic heterocycles. The van der Waals surface area contributed by atoms with Crippen LogP contribution in [0.2, 0.25) is 5.02 Å². The summed E-state index contributed by atoms with van der Waals surface area (Å²) in [5, 5.41) is 14.6. The van der Waals surface area contributed by atoms with Gasteiger partial charge in [-0.25, -0.2) is 10.2 Å². The Morgan fingerprint density at radius 1 is 1.27 bits per heavy atom. The zero-order chi connectivity index (χ0) is 15.9. The molecule has 0 aliphatic carbocycles. The number of nitrogens with zero attached hydrogens (tertiary/aromatic N) is 1. The molecular weight excluding hydrogens is 304 g/mol. The van der Waals surface area contributed by atoms with Gasteiger partial charge in [-0.3, -0.25) is 0 Å². The number of hydrazone groups is 1. The summed E-state index contributed by atoms with van der Waals surface area (Å²) in [6.07, 6.45) is 1.17. The van der Waals surface area contributed by atoms with Crippen LogP contribution in [-0.2, 0) is 11.2 Å². The largest absolute Gasteiger partial charge is 0.507 e. The zero-order valence-corrected chi connectivity index (χ0v) is 12.7. The summed E-state index contributed by atoms with van der Waals surface area (Å²) in [6, 6.07) is 12.8. The molecule has 5 nitrogen and oxygen atoms in total. The van der Waals surface area contributed by atoms with E-state index in [1.54, 1.807) is 18.2 Å². The number of ether oxygens (including phenoxy) is 1. The molecule has 0 saturated heterocycles. The van der Waals surface area contributed by atoms with Gasteiger partial charge in [-0.15, -0.1) is 0 Å². The number of carbonyl (C=O) groups is 1. The highest BCUT2D eigenvalue weighted by Crippen LogP contribution is 2.26. The van der Waals surface area contributed by atoms with Crippen molar-refractivity contribution in [2.45, 2.75) is 6.42 Å². The van der Waals surface area contributed by atoms with E-state index in [4.69, 9.17) is 11.6 Å². The number of halogens is 1. The first-order valence-electron chi connectivity index (χ1n) is 6.53. The van der Waals surface area contributed by atoms with Crippen LogP contribution in [0.4, 0.5) is 4.79 Å². The van der Waals surface area contributed by atoms with E-state index < -0.39 is 6.09 Å². The Bertz CT molecular complexity index is 702. The number of nitrogens with one attached hydrogen (secondary N) is 1. The number of amides is 1. The molecule has 0 atom stereocenters. The minimum absolute atomic E-state index is 0.0952. The normalized spacial score (nSPS) is 10.6. The van der Waals surface area contributed by atoms with Crippen LogP contribution in [-0.4, -0.2) is 24.5 Å². The summed E-state index contributed by atoms with van der Waals surface area (Å²) < 4.78 is 4.39. The molecule has 0 saturated carbocycles. The predicted octanol–water partition coefficient (Wildman–Crippen LogP) is 3.33. The molecule has 0 heterocycles. The van der Waals surface area contributed by atoms with Crippen molar-refractivity contribution in [2.24, 2.45) is 5.10 Å². The van der Waals surface area contributed by atoms with Crippen LogP contribution >= 0.6 is 11.6 Å². The Kier molecular flexibility index (Phi) is 5.38. The first-order chi connectivity index (χ1) is 10.6. The highest BCUT2D eigenvalue weighted by Gasteiger charge is 2.08. The molecule has 2 rings (SSSR count). The Balaban J connectivity index is 2.19. The molecule has 2 aromatic carbocycles. The summed E-state index contributed by atoms with van der Waals surface area (Å²) in [6.45, 7) is 0. The molecule has 6 heteroatoms. The second-order valence-corrected chi connectivity index (χ2v) is 4.89. The molecule has 0 fully saturated rings. The van der Waals surface area contributed by atoms with E-state index in [-0.39, 0.29) is 5.75 Å². The number of aromatic hydroxyl groups is 1. The third-order valence-corrected chi connectivity index (χ3v) is 3.40. The minimum Gasteiger partial charge on any atom is -0.507 e. The first-order valence-corrected chi connectivity index (χ1v) is 6.91. The molecular formula is C16H15ClN2O3. The number of para-hydroxylation sites is 1. The van der Waals surface area contributed by atoms with E-state index in [1.807, 2.05) is 24.3 Å². The molecule has 1 amide bonds. The third-order valence-electron chi connectivity index (χ3n) is 3.03. The van der Waals surface area contributed by atoms with Crippen LogP contribution in [0.15, 0.2) is 47.6 Å². The Hall–Kier alpha value is -2.53. The molecule has 0 aliphatic rings. The summed E-state index contributed by atoms with van der Waals surface area (Å²) in [5.41, 5.74) is 4.28. The van der Waals surface area contributed by atoms with Crippen molar-refractivity contribution in [3.8, 4) is 5.75 Å². The summed E-state index contributed by atoms with van der Waals surface area (Å²) in [7, 11) is 1.24. The van der Waals surface area contributed by atoms with Crippen LogP contribution < -0.4 is 5.43 Å². The first kappa shape index (κ1) is 15.9. The Morgan fingerprint density at radius 2 is 2.00 bits per heavy atom. The Morgan fingerprint density at radius 3 is 2.73 bits per heavy atom. The molecule has 0 radical (unpaired) electrons. The van der Waals surface area contributed by atoms with E-state index >= 15 is 0 Å². The minimum atomic E-state index is -0.678. The van der Waals surface area contributed by atoms with Crippen molar-refractivity contribution in [3.63, 3.8) is 0 Å². The van der Waals surface area contributed by atoms with Gasteiger partial charge in [0.2, 0.25) is 0 Å². The van der Waals surface area contributed by atoms with Gasteiger partial charge in [0.1, 0.15) is 5.75 Å². The average molecular weight is 319 g/mol. The standard InChI is InChI=1S/C16H15ClN2O3/c1-22-16(21)19-18-10-13-7-4-6-12(15(13)20)9-11-5-2-3-8-14(11)17/h2-8,10,20H,9H2,1H3,(H,19,21)/b18-10+. The fourth-order valence-corrected chi connectivity index (χ4v) is 2.11. The van der Waals surface area contributed by atoms with Gasteiger partial charge >= 0.3 is 6.09 Å². The van der Waals surface area contributed by atoms with Crippen molar-refractivity contribution in [1.82, 2.24) is 5.43 Å². The van der Waals surface area contributed by atoms with Crippen LogP contribution in [0, 0.1) is 0 Å². The van der Waals surface area contributed by atoms with Crippen LogP contribution in [0.25, 0.3) is 0 Å². The van der Waals surface area contributed by atoms with Crippen LogP contribution in [0.1, 0.15) is 16.7 Å². The van der Waals surface area contributed by atoms with Crippen molar-refractivity contribution < 1.29 is 14.6 Å².